The summed E-state index contributed by atoms with van der Waals surface area (Å²) in [5.74, 6) is -0.801. The van der Waals surface area contributed by atoms with Gasteiger partial charge in [-0.3, -0.25) is 4.79 Å². The Hall–Kier alpha value is -2.18. The first-order valence-corrected chi connectivity index (χ1v) is 10.8. The zero-order chi connectivity index (χ0) is 19.7. The maximum Gasteiger partial charge on any atom is 0.303 e. The molecule has 0 aliphatic carbocycles. The van der Waals surface area contributed by atoms with Crippen LogP contribution in [0, 0.1) is 0 Å². The lowest BCUT2D eigenvalue weighted by atomic mass is 10.0. The normalized spacial score (nSPS) is 11.6. The molecule has 0 bridgehead atoms. The third-order valence-corrected chi connectivity index (χ3v) is 6.33. The van der Waals surface area contributed by atoms with Crippen LogP contribution in [0.5, 0.6) is 0 Å². The largest absolute Gasteiger partial charge is 0.481 e. The SMILES string of the molecule is CN(CCCCCCC(=O)O)S(=O)(=O)Cc1ccc(-c2ccccc2)cc1. The molecule has 0 aliphatic heterocycles. The highest BCUT2D eigenvalue weighted by atomic mass is 32.2. The van der Waals surface area contributed by atoms with Crippen LogP contribution in [0.2, 0.25) is 0 Å². The van der Waals surface area contributed by atoms with Crippen molar-refractivity contribution in [3.63, 3.8) is 0 Å². The van der Waals surface area contributed by atoms with Gasteiger partial charge in [-0.05, 0) is 29.5 Å². The lowest BCUT2D eigenvalue weighted by Gasteiger charge is -2.17. The van der Waals surface area contributed by atoms with Crippen molar-refractivity contribution < 1.29 is 18.3 Å². The molecule has 0 amide bonds. The van der Waals surface area contributed by atoms with E-state index in [1.165, 1.54) is 4.31 Å². The average Bonchev–Trinajstić information content (AvgIpc) is 2.65. The second kappa shape index (κ2) is 10.2. The minimum absolute atomic E-state index is 0.0163. The molecular formula is C21H27NO4S. The topological polar surface area (TPSA) is 74.7 Å². The number of rotatable bonds is 11. The van der Waals surface area contributed by atoms with Crippen molar-refractivity contribution in [2.45, 2.75) is 37.9 Å². The van der Waals surface area contributed by atoms with Crippen LogP contribution in [0.3, 0.4) is 0 Å². The van der Waals surface area contributed by atoms with E-state index in [0.29, 0.717) is 13.0 Å². The summed E-state index contributed by atoms with van der Waals surface area (Å²) in [6.45, 7) is 0.456. The molecule has 0 heterocycles. The minimum atomic E-state index is -3.36. The minimum Gasteiger partial charge on any atom is -0.481 e. The molecule has 0 aromatic heterocycles. The zero-order valence-corrected chi connectivity index (χ0v) is 16.5. The second-order valence-corrected chi connectivity index (χ2v) is 8.77. The van der Waals surface area contributed by atoms with Crippen molar-refractivity contribution in [2.75, 3.05) is 13.6 Å². The second-order valence-electron chi connectivity index (χ2n) is 6.70. The smallest absolute Gasteiger partial charge is 0.303 e. The van der Waals surface area contributed by atoms with E-state index < -0.39 is 16.0 Å². The summed E-state index contributed by atoms with van der Waals surface area (Å²) >= 11 is 0. The molecule has 1 N–H and O–H groups in total. The molecule has 0 unspecified atom stereocenters. The van der Waals surface area contributed by atoms with Crippen molar-refractivity contribution in [1.82, 2.24) is 4.31 Å². The number of unbranched alkanes of at least 4 members (excludes halogenated alkanes) is 3. The highest BCUT2D eigenvalue weighted by molar-refractivity contribution is 7.88. The average molecular weight is 390 g/mol. The third-order valence-electron chi connectivity index (χ3n) is 4.50. The van der Waals surface area contributed by atoms with E-state index in [9.17, 15) is 13.2 Å². The molecule has 0 fully saturated rings. The van der Waals surface area contributed by atoms with E-state index in [0.717, 1.165) is 36.0 Å². The van der Waals surface area contributed by atoms with Gasteiger partial charge in [0.15, 0.2) is 0 Å². The molecule has 5 nitrogen and oxygen atoms in total. The van der Waals surface area contributed by atoms with Crippen LogP contribution in [-0.4, -0.2) is 37.4 Å². The molecule has 0 radical (unpaired) electrons. The molecular weight excluding hydrogens is 362 g/mol. The fourth-order valence-electron chi connectivity index (χ4n) is 2.85. The quantitative estimate of drug-likeness (QED) is 0.586. The van der Waals surface area contributed by atoms with Gasteiger partial charge >= 0.3 is 5.97 Å². The first-order valence-electron chi connectivity index (χ1n) is 9.18. The van der Waals surface area contributed by atoms with Crippen molar-refractivity contribution in [3.05, 3.63) is 60.2 Å². The molecule has 0 atom stereocenters. The number of carboxylic acids is 1. The van der Waals surface area contributed by atoms with E-state index in [4.69, 9.17) is 5.11 Å². The molecule has 0 aliphatic rings. The molecule has 0 spiro atoms. The summed E-state index contributed by atoms with van der Waals surface area (Å²) < 4.78 is 26.4. The Morgan fingerprint density at radius 3 is 2.11 bits per heavy atom. The lowest BCUT2D eigenvalue weighted by Crippen LogP contribution is -2.29. The number of carbonyl (C=O) groups is 1. The summed E-state index contributed by atoms with van der Waals surface area (Å²) in [5.41, 5.74) is 2.93. The van der Waals surface area contributed by atoms with E-state index in [1.807, 2.05) is 54.6 Å². The van der Waals surface area contributed by atoms with Gasteiger partial charge in [-0.15, -0.1) is 0 Å². The fourth-order valence-corrected chi connectivity index (χ4v) is 4.09. The van der Waals surface area contributed by atoms with Gasteiger partial charge in [-0.25, -0.2) is 12.7 Å². The number of nitrogens with zero attached hydrogens (tertiary/aromatic N) is 1. The molecule has 0 saturated heterocycles. The van der Waals surface area contributed by atoms with Crippen LogP contribution in [0.4, 0.5) is 0 Å². The van der Waals surface area contributed by atoms with Gasteiger partial charge < -0.3 is 5.11 Å². The van der Waals surface area contributed by atoms with Crippen molar-refractivity contribution >= 4 is 16.0 Å². The Labute approximate surface area is 161 Å². The maximum absolute atomic E-state index is 12.5. The van der Waals surface area contributed by atoms with E-state index >= 15 is 0 Å². The van der Waals surface area contributed by atoms with E-state index in [1.54, 1.807) is 7.05 Å². The Morgan fingerprint density at radius 2 is 1.48 bits per heavy atom. The van der Waals surface area contributed by atoms with Crippen LogP contribution in [0.15, 0.2) is 54.6 Å². The lowest BCUT2D eigenvalue weighted by molar-refractivity contribution is -0.137. The number of carboxylic acid groups (broad SMARTS) is 1. The fraction of sp³-hybridized carbons (Fsp3) is 0.381. The van der Waals surface area contributed by atoms with Gasteiger partial charge in [0.1, 0.15) is 0 Å². The van der Waals surface area contributed by atoms with Crippen molar-refractivity contribution in [3.8, 4) is 11.1 Å². The number of hydrogen-bond donors (Lipinski definition) is 1. The summed E-state index contributed by atoms with van der Waals surface area (Å²) in [7, 11) is -1.76. The van der Waals surface area contributed by atoms with Crippen LogP contribution in [0.1, 0.15) is 37.7 Å². The first-order chi connectivity index (χ1) is 12.9. The Bertz CT molecular complexity index is 817. The molecule has 6 heteroatoms. The van der Waals surface area contributed by atoms with Crippen LogP contribution in [-0.2, 0) is 20.6 Å². The molecule has 2 rings (SSSR count). The molecule has 27 heavy (non-hydrogen) atoms. The number of benzene rings is 2. The molecule has 0 saturated carbocycles. The third kappa shape index (κ3) is 7.15. The number of sulfonamides is 1. The predicted octanol–water partition coefficient (Wildman–Crippen LogP) is 4.15. The summed E-state index contributed by atoms with van der Waals surface area (Å²) in [5, 5.41) is 8.60. The molecule has 146 valence electrons. The summed E-state index contributed by atoms with van der Waals surface area (Å²) in [4.78, 5) is 10.5. The van der Waals surface area contributed by atoms with Gasteiger partial charge in [0, 0.05) is 20.0 Å². The summed E-state index contributed by atoms with van der Waals surface area (Å²) in [6.07, 6.45) is 3.19. The molecule has 2 aromatic carbocycles. The van der Waals surface area contributed by atoms with E-state index in [2.05, 4.69) is 0 Å². The summed E-state index contributed by atoms with van der Waals surface area (Å²) in [6, 6.07) is 17.6. The van der Waals surface area contributed by atoms with Crippen LogP contribution in [0.25, 0.3) is 11.1 Å². The Kier molecular flexibility index (Phi) is 8.00. The zero-order valence-electron chi connectivity index (χ0n) is 15.7. The Balaban J connectivity index is 1.83. The van der Waals surface area contributed by atoms with Gasteiger partial charge in [0.05, 0.1) is 5.75 Å². The van der Waals surface area contributed by atoms with Crippen LogP contribution < -0.4 is 0 Å². The standard InChI is InChI=1S/C21H27NO4S/c1-22(16-8-3-2-7-11-21(23)24)27(25,26)17-18-12-14-20(15-13-18)19-9-5-4-6-10-19/h4-6,9-10,12-15H,2-3,7-8,11,16-17H2,1H3,(H,23,24). The monoisotopic (exact) mass is 389 g/mol. The number of aliphatic carboxylic acids is 1. The Morgan fingerprint density at radius 1 is 0.889 bits per heavy atom. The number of hydrogen-bond acceptors (Lipinski definition) is 3. The highest BCUT2D eigenvalue weighted by Gasteiger charge is 2.18. The van der Waals surface area contributed by atoms with E-state index in [-0.39, 0.29) is 12.2 Å². The van der Waals surface area contributed by atoms with Gasteiger partial charge in [-0.1, -0.05) is 67.4 Å². The predicted molar refractivity (Wildman–Crippen MR) is 108 cm³/mol. The van der Waals surface area contributed by atoms with Gasteiger partial charge in [0.25, 0.3) is 0 Å². The van der Waals surface area contributed by atoms with Gasteiger partial charge in [0.2, 0.25) is 10.0 Å². The van der Waals surface area contributed by atoms with Crippen LogP contribution >= 0.6 is 0 Å². The van der Waals surface area contributed by atoms with Crippen molar-refractivity contribution in [1.29, 1.82) is 0 Å². The van der Waals surface area contributed by atoms with Gasteiger partial charge in [-0.2, -0.15) is 0 Å². The maximum atomic E-state index is 12.5. The first kappa shape index (κ1) is 21.1. The molecule has 2 aromatic rings. The van der Waals surface area contributed by atoms with Crippen molar-refractivity contribution in [2.24, 2.45) is 0 Å². The highest BCUT2D eigenvalue weighted by Crippen LogP contribution is 2.20.